The first kappa shape index (κ1) is 14.6. The van der Waals surface area contributed by atoms with Crippen molar-refractivity contribution in [2.75, 3.05) is 7.11 Å². The van der Waals surface area contributed by atoms with E-state index in [-0.39, 0.29) is 6.04 Å². The SMILES string of the molecule is COc1ccc(Br)c(CC(N)c2csc3ccccc23)c1. The van der Waals surface area contributed by atoms with Gasteiger partial charge in [0.2, 0.25) is 0 Å². The van der Waals surface area contributed by atoms with Gasteiger partial charge in [-0.2, -0.15) is 0 Å². The highest BCUT2D eigenvalue weighted by molar-refractivity contribution is 9.10. The Labute approximate surface area is 136 Å². The molecular formula is C17H16BrNOS. The van der Waals surface area contributed by atoms with Gasteiger partial charge >= 0.3 is 0 Å². The second-order valence-electron chi connectivity index (χ2n) is 4.96. The van der Waals surface area contributed by atoms with Gasteiger partial charge in [0.05, 0.1) is 7.11 Å². The minimum Gasteiger partial charge on any atom is -0.497 e. The normalized spacial score (nSPS) is 12.5. The molecule has 2 aromatic carbocycles. The van der Waals surface area contributed by atoms with Gasteiger partial charge in [-0.1, -0.05) is 34.1 Å². The lowest BCUT2D eigenvalue weighted by molar-refractivity contribution is 0.414. The van der Waals surface area contributed by atoms with Gasteiger partial charge in [-0.3, -0.25) is 0 Å². The molecule has 0 aliphatic heterocycles. The molecule has 3 aromatic rings. The molecule has 1 atom stereocenters. The molecule has 0 aliphatic carbocycles. The van der Waals surface area contributed by atoms with Crippen molar-refractivity contribution in [2.45, 2.75) is 12.5 Å². The Morgan fingerprint density at radius 2 is 2.05 bits per heavy atom. The average Bonchev–Trinajstić information content (AvgIpc) is 2.93. The maximum absolute atomic E-state index is 6.44. The molecule has 1 aromatic heterocycles. The second-order valence-corrected chi connectivity index (χ2v) is 6.72. The lowest BCUT2D eigenvalue weighted by Gasteiger charge is -2.13. The Bertz CT molecular complexity index is 768. The summed E-state index contributed by atoms with van der Waals surface area (Å²) in [6.45, 7) is 0. The van der Waals surface area contributed by atoms with Gasteiger partial charge in [-0.15, -0.1) is 11.3 Å². The molecule has 0 amide bonds. The average molecular weight is 362 g/mol. The van der Waals surface area contributed by atoms with Crippen molar-refractivity contribution in [1.29, 1.82) is 0 Å². The number of ether oxygens (including phenoxy) is 1. The lowest BCUT2D eigenvalue weighted by atomic mass is 9.99. The number of benzene rings is 2. The van der Waals surface area contributed by atoms with E-state index in [0.29, 0.717) is 0 Å². The summed E-state index contributed by atoms with van der Waals surface area (Å²) in [6, 6.07) is 14.4. The number of nitrogens with two attached hydrogens (primary N) is 1. The number of methoxy groups -OCH3 is 1. The molecule has 0 radical (unpaired) electrons. The Morgan fingerprint density at radius 1 is 1.24 bits per heavy atom. The van der Waals surface area contributed by atoms with Crippen LogP contribution in [-0.2, 0) is 6.42 Å². The van der Waals surface area contributed by atoms with Crippen LogP contribution >= 0.6 is 27.3 Å². The maximum atomic E-state index is 6.44. The molecule has 0 bridgehead atoms. The summed E-state index contributed by atoms with van der Waals surface area (Å²) in [5, 5.41) is 3.43. The minimum atomic E-state index is -0.0236. The first-order valence-corrected chi connectivity index (χ1v) is 8.40. The number of hydrogen-bond donors (Lipinski definition) is 1. The summed E-state index contributed by atoms with van der Waals surface area (Å²) in [6.07, 6.45) is 0.776. The van der Waals surface area contributed by atoms with Crippen molar-refractivity contribution in [2.24, 2.45) is 5.73 Å². The quantitative estimate of drug-likeness (QED) is 0.715. The number of hydrogen-bond acceptors (Lipinski definition) is 3. The third kappa shape index (κ3) is 2.98. The zero-order valence-electron chi connectivity index (χ0n) is 11.7. The van der Waals surface area contributed by atoms with Crippen LogP contribution in [0.2, 0.25) is 0 Å². The van der Waals surface area contributed by atoms with Crippen molar-refractivity contribution in [3.63, 3.8) is 0 Å². The van der Waals surface area contributed by atoms with E-state index in [1.165, 1.54) is 15.6 Å². The largest absolute Gasteiger partial charge is 0.497 e. The number of thiophene rings is 1. The van der Waals surface area contributed by atoms with E-state index in [1.807, 2.05) is 18.2 Å². The highest BCUT2D eigenvalue weighted by Crippen LogP contribution is 2.32. The summed E-state index contributed by atoms with van der Waals surface area (Å²) in [5.41, 5.74) is 8.82. The Morgan fingerprint density at radius 3 is 2.86 bits per heavy atom. The van der Waals surface area contributed by atoms with Crippen LogP contribution in [0.25, 0.3) is 10.1 Å². The fourth-order valence-corrected chi connectivity index (χ4v) is 3.90. The molecule has 0 saturated heterocycles. The molecule has 0 saturated carbocycles. The fraction of sp³-hybridized carbons (Fsp3) is 0.176. The summed E-state index contributed by atoms with van der Waals surface area (Å²) in [5.74, 6) is 0.857. The molecule has 21 heavy (non-hydrogen) atoms. The molecule has 0 fully saturated rings. The monoisotopic (exact) mass is 361 g/mol. The molecule has 1 heterocycles. The number of fused-ring (bicyclic) bond motifs is 1. The zero-order chi connectivity index (χ0) is 14.8. The molecule has 0 aliphatic rings. The van der Waals surface area contributed by atoms with Crippen molar-refractivity contribution in [3.05, 3.63) is 63.4 Å². The van der Waals surface area contributed by atoms with Gasteiger partial charge in [0.25, 0.3) is 0 Å². The van der Waals surface area contributed by atoms with Gasteiger partial charge in [0.15, 0.2) is 0 Å². The van der Waals surface area contributed by atoms with Gasteiger partial charge < -0.3 is 10.5 Å². The highest BCUT2D eigenvalue weighted by atomic mass is 79.9. The van der Waals surface area contributed by atoms with Gasteiger partial charge in [0, 0.05) is 15.2 Å². The Balaban J connectivity index is 1.91. The maximum Gasteiger partial charge on any atom is 0.119 e. The van der Waals surface area contributed by atoms with Crippen molar-refractivity contribution in [3.8, 4) is 5.75 Å². The third-order valence-electron chi connectivity index (χ3n) is 3.60. The van der Waals surface area contributed by atoms with E-state index in [1.54, 1.807) is 18.4 Å². The Kier molecular flexibility index (Phi) is 4.29. The predicted octanol–water partition coefficient (Wildman–Crippen LogP) is 4.91. The van der Waals surface area contributed by atoms with Gasteiger partial charge in [-0.05, 0) is 52.6 Å². The van der Waals surface area contributed by atoms with Crippen LogP contribution < -0.4 is 10.5 Å². The molecular weight excluding hydrogens is 346 g/mol. The molecule has 4 heteroatoms. The Hall–Kier alpha value is -1.36. The molecule has 2 nitrogen and oxygen atoms in total. The van der Waals surface area contributed by atoms with E-state index in [2.05, 4.69) is 45.6 Å². The third-order valence-corrected chi connectivity index (χ3v) is 5.36. The zero-order valence-corrected chi connectivity index (χ0v) is 14.1. The molecule has 2 N–H and O–H groups in total. The molecule has 1 unspecified atom stereocenters. The van der Waals surface area contributed by atoms with Crippen LogP contribution in [0.15, 0.2) is 52.3 Å². The molecule has 108 valence electrons. The summed E-state index contributed by atoms with van der Waals surface area (Å²) < 4.78 is 7.65. The van der Waals surface area contributed by atoms with Crippen LogP contribution in [-0.4, -0.2) is 7.11 Å². The van der Waals surface area contributed by atoms with Crippen molar-refractivity contribution >= 4 is 37.4 Å². The lowest BCUT2D eigenvalue weighted by Crippen LogP contribution is -2.13. The van der Waals surface area contributed by atoms with E-state index in [4.69, 9.17) is 10.5 Å². The highest BCUT2D eigenvalue weighted by Gasteiger charge is 2.14. The first-order valence-electron chi connectivity index (χ1n) is 6.73. The van der Waals surface area contributed by atoms with E-state index >= 15 is 0 Å². The summed E-state index contributed by atoms with van der Waals surface area (Å²) in [7, 11) is 1.68. The first-order chi connectivity index (χ1) is 10.2. The predicted molar refractivity (Wildman–Crippen MR) is 93.2 cm³/mol. The van der Waals surface area contributed by atoms with Crippen molar-refractivity contribution in [1.82, 2.24) is 0 Å². The van der Waals surface area contributed by atoms with E-state index < -0.39 is 0 Å². The number of rotatable bonds is 4. The second kappa shape index (κ2) is 6.18. The van der Waals surface area contributed by atoms with E-state index in [0.717, 1.165) is 22.2 Å². The minimum absolute atomic E-state index is 0.0236. The van der Waals surface area contributed by atoms with Gasteiger partial charge in [-0.25, -0.2) is 0 Å². The van der Waals surface area contributed by atoms with Crippen LogP contribution in [0, 0.1) is 0 Å². The van der Waals surface area contributed by atoms with Gasteiger partial charge in [0.1, 0.15) is 5.75 Å². The number of halogens is 1. The van der Waals surface area contributed by atoms with Crippen LogP contribution in [0.1, 0.15) is 17.2 Å². The van der Waals surface area contributed by atoms with E-state index in [9.17, 15) is 0 Å². The summed E-state index contributed by atoms with van der Waals surface area (Å²) >= 11 is 5.34. The molecule has 0 spiro atoms. The summed E-state index contributed by atoms with van der Waals surface area (Å²) in [4.78, 5) is 0. The topological polar surface area (TPSA) is 35.2 Å². The van der Waals surface area contributed by atoms with Crippen LogP contribution in [0.4, 0.5) is 0 Å². The molecule has 3 rings (SSSR count). The van der Waals surface area contributed by atoms with Crippen molar-refractivity contribution < 1.29 is 4.74 Å². The van der Waals surface area contributed by atoms with Crippen LogP contribution in [0.5, 0.6) is 5.75 Å². The fourth-order valence-electron chi connectivity index (χ4n) is 2.47. The van der Waals surface area contributed by atoms with Crippen LogP contribution in [0.3, 0.4) is 0 Å². The standard InChI is InChI=1S/C17H16BrNOS/c1-20-12-6-7-15(18)11(8-12)9-16(19)14-10-21-17-5-3-2-4-13(14)17/h2-8,10,16H,9,19H2,1H3. The smallest absolute Gasteiger partial charge is 0.119 e.